The standard InChI is InChI=1S/C18H28N4O3.2ClH/c1-21-10-4-5-15(11-21)22(2)18(24)13-6-8-14(9-7-13)20-17(23)16(19)12-25-3;;/h6-9,15-16H,4-5,10-12,19H2,1-3H3,(H,20,23);2*1H. The first kappa shape index (κ1) is 25.6. The van der Waals surface area contributed by atoms with Gasteiger partial charge in [0.15, 0.2) is 0 Å². The van der Waals surface area contributed by atoms with Gasteiger partial charge in [0.25, 0.3) is 5.91 Å². The fourth-order valence-electron chi connectivity index (χ4n) is 3.01. The van der Waals surface area contributed by atoms with Crippen LogP contribution in [0.4, 0.5) is 5.69 Å². The third kappa shape index (κ3) is 7.27. The van der Waals surface area contributed by atoms with Crippen LogP contribution in [0.5, 0.6) is 0 Å². The fourth-order valence-corrected chi connectivity index (χ4v) is 3.01. The zero-order valence-electron chi connectivity index (χ0n) is 16.0. The SMILES string of the molecule is COCC(N)C(=O)Nc1ccc(C(=O)N(C)C2CCCN(C)C2)cc1.Cl.Cl. The van der Waals surface area contributed by atoms with Gasteiger partial charge in [-0.05, 0) is 50.7 Å². The molecule has 1 heterocycles. The van der Waals surface area contributed by atoms with Crippen molar-refractivity contribution in [1.29, 1.82) is 0 Å². The second-order valence-electron chi connectivity index (χ2n) is 6.60. The van der Waals surface area contributed by atoms with Crippen LogP contribution < -0.4 is 11.1 Å². The number of nitrogens with two attached hydrogens (primary N) is 1. The van der Waals surface area contributed by atoms with Crippen LogP contribution in [0.2, 0.25) is 0 Å². The number of rotatable bonds is 6. The monoisotopic (exact) mass is 420 g/mol. The highest BCUT2D eigenvalue weighted by atomic mass is 35.5. The van der Waals surface area contributed by atoms with Crippen molar-refractivity contribution in [3.8, 4) is 0 Å². The molecule has 1 saturated heterocycles. The molecule has 27 heavy (non-hydrogen) atoms. The van der Waals surface area contributed by atoms with Crippen molar-refractivity contribution < 1.29 is 14.3 Å². The van der Waals surface area contributed by atoms with Gasteiger partial charge >= 0.3 is 0 Å². The molecular weight excluding hydrogens is 391 g/mol. The molecule has 1 fully saturated rings. The van der Waals surface area contributed by atoms with Crippen molar-refractivity contribution in [2.24, 2.45) is 5.73 Å². The number of anilines is 1. The maximum atomic E-state index is 12.7. The Morgan fingerprint density at radius 3 is 2.52 bits per heavy atom. The van der Waals surface area contributed by atoms with E-state index >= 15 is 0 Å². The van der Waals surface area contributed by atoms with Crippen LogP contribution in [0.15, 0.2) is 24.3 Å². The van der Waals surface area contributed by atoms with Crippen LogP contribution in [-0.4, -0.2) is 74.6 Å². The highest BCUT2D eigenvalue weighted by molar-refractivity contribution is 5.97. The summed E-state index contributed by atoms with van der Waals surface area (Å²) >= 11 is 0. The number of hydrogen-bond donors (Lipinski definition) is 2. The number of amides is 2. The number of benzene rings is 1. The van der Waals surface area contributed by atoms with Crippen molar-refractivity contribution in [2.45, 2.75) is 24.9 Å². The number of likely N-dealkylation sites (tertiary alicyclic amines) is 1. The van der Waals surface area contributed by atoms with E-state index in [1.54, 1.807) is 24.3 Å². The maximum absolute atomic E-state index is 12.7. The Balaban J connectivity index is 0.00000338. The summed E-state index contributed by atoms with van der Waals surface area (Å²) in [7, 11) is 5.43. The molecule has 154 valence electrons. The van der Waals surface area contributed by atoms with E-state index in [-0.39, 0.29) is 49.3 Å². The Morgan fingerprint density at radius 2 is 1.96 bits per heavy atom. The quantitative estimate of drug-likeness (QED) is 0.729. The van der Waals surface area contributed by atoms with Crippen molar-refractivity contribution in [2.75, 3.05) is 46.2 Å². The van der Waals surface area contributed by atoms with Gasteiger partial charge in [0.1, 0.15) is 6.04 Å². The highest BCUT2D eigenvalue weighted by Crippen LogP contribution is 2.17. The molecule has 0 aliphatic carbocycles. The molecule has 2 amide bonds. The van der Waals surface area contributed by atoms with Crippen molar-refractivity contribution in [3.63, 3.8) is 0 Å². The van der Waals surface area contributed by atoms with Gasteiger partial charge in [0.05, 0.1) is 6.61 Å². The second kappa shape index (κ2) is 12.2. The molecule has 1 aromatic rings. The first-order valence-corrected chi connectivity index (χ1v) is 8.53. The summed E-state index contributed by atoms with van der Waals surface area (Å²) < 4.78 is 4.87. The molecule has 1 aliphatic heterocycles. The van der Waals surface area contributed by atoms with E-state index in [0.717, 1.165) is 25.9 Å². The third-order valence-corrected chi connectivity index (χ3v) is 4.55. The fraction of sp³-hybridized carbons (Fsp3) is 0.556. The summed E-state index contributed by atoms with van der Waals surface area (Å²) in [6, 6.07) is 6.39. The molecule has 0 bridgehead atoms. The Hall–Kier alpha value is -1.38. The minimum absolute atomic E-state index is 0. The zero-order chi connectivity index (χ0) is 18.4. The molecule has 0 spiro atoms. The Bertz CT molecular complexity index is 601. The molecule has 1 aromatic carbocycles. The van der Waals surface area contributed by atoms with E-state index in [2.05, 4.69) is 17.3 Å². The molecule has 3 N–H and O–H groups in total. The van der Waals surface area contributed by atoms with E-state index in [1.807, 2.05) is 11.9 Å². The number of methoxy groups -OCH3 is 1. The summed E-state index contributed by atoms with van der Waals surface area (Å²) in [5.41, 5.74) is 6.90. The molecule has 9 heteroatoms. The van der Waals surface area contributed by atoms with E-state index in [9.17, 15) is 9.59 Å². The van der Waals surface area contributed by atoms with E-state index in [4.69, 9.17) is 10.5 Å². The number of carbonyl (C=O) groups excluding carboxylic acids is 2. The number of likely N-dealkylation sites (N-methyl/N-ethyl adjacent to an activating group) is 2. The van der Waals surface area contributed by atoms with Crippen LogP contribution in [0.1, 0.15) is 23.2 Å². The van der Waals surface area contributed by atoms with Crippen LogP contribution >= 0.6 is 24.8 Å². The lowest BCUT2D eigenvalue weighted by molar-refractivity contribution is -0.118. The number of ether oxygens (including phenoxy) is 1. The number of piperidine rings is 1. The van der Waals surface area contributed by atoms with Gasteiger partial charge in [0, 0.05) is 38.0 Å². The topological polar surface area (TPSA) is 87.9 Å². The van der Waals surface area contributed by atoms with E-state index < -0.39 is 6.04 Å². The van der Waals surface area contributed by atoms with Crippen LogP contribution in [0.3, 0.4) is 0 Å². The normalized spacial score (nSPS) is 17.9. The number of carbonyl (C=O) groups is 2. The number of nitrogens with zero attached hydrogens (tertiary/aromatic N) is 2. The summed E-state index contributed by atoms with van der Waals surface area (Å²) in [5, 5.41) is 2.72. The van der Waals surface area contributed by atoms with Crippen molar-refractivity contribution in [1.82, 2.24) is 9.80 Å². The average molecular weight is 421 g/mol. The lowest BCUT2D eigenvalue weighted by atomic mass is 10.0. The van der Waals surface area contributed by atoms with Crippen molar-refractivity contribution in [3.05, 3.63) is 29.8 Å². The minimum atomic E-state index is -0.722. The molecule has 2 rings (SSSR count). The van der Waals surface area contributed by atoms with Crippen molar-refractivity contribution >= 4 is 42.3 Å². The van der Waals surface area contributed by atoms with Gasteiger partial charge in [0.2, 0.25) is 5.91 Å². The molecule has 0 radical (unpaired) electrons. The molecule has 0 saturated carbocycles. The summed E-state index contributed by atoms with van der Waals surface area (Å²) in [5.74, 6) is -0.322. The lowest BCUT2D eigenvalue weighted by Crippen LogP contribution is -2.47. The van der Waals surface area contributed by atoms with Crippen LogP contribution in [0, 0.1) is 0 Å². The van der Waals surface area contributed by atoms with Gasteiger partial charge in [-0.2, -0.15) is 0 Å². The van der Waals surface area contributed by atoms with Gasteiger partial charge in [-0.25, -0.2) is 0 Å². The van der Waals surface area contributed by atoms with Gasteiger partial charge in [-0.1, -0.05) is 0 Å². The predicted octanol–water partition coefficient (Wildman–Crippen LogP) is 1.61. The largest absolute Gasteiger partial charge is 0.383 e. The first-order chi connectivity index (χ1) is 11.9. The molecule has 2 unspecified atom stereocenters. The molecule has 2 atom stereocenters. The van der Waals surface area contributed by atoms with Gasteiger partial charge < -0.3 is 25.6 Å². The molecular formula is C18H30Cl2N4O3. The van der Waals surface area contributed by atoms with E-state index in [1.165, 1.54) is 7.11 Å². The zero-order valence-corrected chi connectivity index (χ0v) is 17.6. The molecule has 0 aromatic heterocycles. The average Bonchev–Trinajstić information content (AvgIpc) is 2.61. The second-order valence-corrected chi connectivity index (χ2v) is 6.60. The van der Waals surface area contributed by atoms with E-state index in [0.29, 0.717) is 11.3 Å². The number of hydrogen-bond acceptors (Lipinski definition) is 5. The van der Waals surface area contributed by atoms with Gasteiger partial charge in [-0.3, -0.25) is 9.59 Å². The Labute approximate surface area is 173 Å². The minimum Gasteiger partial charge on any atom is -0.383 e. The summed E-state index contributed by atoms with van der Waals surface area (Å²) in [4.78, 5) is 28.6. The highest BCUT2D eigenvalue weighted by Gasteiger charge is 2.25. The summed E-state index contributed by atoms with van der Waals surface area (Å²) in [6.07, 6.45) is 2.13. The number of nitrogens with one attached hydrogen (secondary N) is 1. The summed E-state index contributed by atoms with van der Waals surface area (Å²) in [6.45, 7) is 2.13. The number of halogens is 2. The lowest BCUT2D eigenvalue weighted by Gasteiger charge is -2.35. The van der Waals surface area contributed by atoms with Crippen LogP contribution in [-0.2, 0) is 9.53 Å². The molecule has 7 nitrogen and oxygen atoms in total. The first-order valence-electron chi connectivity index (χ1n) is 8.53. The smallest absolute Gasteiger partial charge is 0.253 e. The Morgan fingerprint density at radius 1 is 1.33 bits per heavy atom. The maximum Gasteiger partial charge on any atom is 0.253 e. The third-order valence-electron chi connectivity index (χ3n) is 4.55. The molecule has 1 aliphatic rings. The van der Waals surface area contributed by atoms with Crippen LogP contribution in [0.25, 0.3) is 0 Å². The Kier molecular flexibility index (Phi) is 11.5. The van der Waals surface area contributed by atoms with Gasteiger partial charge in [-0.15, -0.1) is 24.8 Å². The predicted molar refractivity (Wildman–Crippen MR) is 112 cm³/mol.